The summed E-state index contributed by atoms with van der Waals surface area (Å²) in [4.78, 5) is 31.9. The molecule has 6 nitrogen and oxygen atoms in total. The number of hydrogen-bond acceptors (Lipinski definition) is 4. The maximum absolute atomic E-state index is 12.5. The number of aromatic nitrogens is 2. The highest BCUT2D eigenvalue weighted by Crippen LogP contribution is 2.60. The van der Waals surface area contributed by atoms with E-state index in [9.17, 15) is 18.4 Å². The van der Waals surface area contributed by atoms with E-state index in [2.05, 4.69) is 20.6 Å². The highest BCUT2D eigenvalue weighted by Gasteiger charge is 2.69. The molecule has 2 bridgehead atoms. The second-order valence-corrected chi connectivity index (χ2v) is 8.64. The van der Waals surface area contributed by atoms with Crippen LogP contribution in [-0.4, -0.2) is 32.9 Å². The fourth-order valence-corrected chi connectivity index (χ4v) is 4.64. The van der Waals surface area contributed by atoms with E-state index in [1.807, 2.05) is 24.3 Å². The van der Waals surface area contributed by atoms with Crippen molar-refractivity contribution in [3.05, 3.63) is 58.6 Å². The predicted octanol–water partition coefficient (Wildman–Crippen LogP) is 3.61. The molecule has 3 aliphatic carbocycles. The van der Waals surface area contributed by atoms with Gasteiger partial charge in [-0.2, -0.15) is 0 Å². The molecule has 158 valence electrons. The van der Waals surface area contributed by atoms with Gasteiger partial charge in [-0.1, -0.05) is 23.7 Å². The first kappa shape index (κ1) is 20.7. The van der Waals surface area contributed by atoms with Crippen LogP contribution in [0.4, 0.5) is 8.78 Å². The number of halogens is 3. The largest absolute Gasteiger partial charge is 0.350 e. The molecule has 5 rings (SSSR count). The van der Waals surface area contributed by atoms with E-state index >= 15 is 0 Å². The second kappa shape index (κ2) is 7.91. The topological polar surface area (TPSA) is 84.0 Å². The van der Waals surface area contributed by atoms with Gasteiger partial charge >= 0.3 is 0 Å². The summed E-state index contributed by atoms with van der Waals surface area (Å²) >= 11 is 5.97. The fraction of sp³-hybridized carbons (Fsp3) is 0.429. The van der Waals surface area contributed by atoms with Crippen molar-refractivity contribution in [1.82, 2.24) is 20.6 Å². The molecule has 0 aliphatic heterocycles. The average molecular weight is 435 g/mol. The van der Waals surface area contributed by atoms with Gasteiger partial charge in [0.15, 0.2) is 0 Å². The Labute approximate surface area is 177 Å². The number of benzene rings is 1. The summed E-state index contributed by atoms with van der Waals surface area (Å²) in [5.41, 5.74) is 0.0457. The van der Waals surface area contributed by atoms with Crippen molar-refractivity contribution in [2.75, 3.05) is 0 Å². The van der Waals surface area contributed by atoms with E-state index in [4.69, 9.17) is 11.6 Å². The first-order chi connectivity index (χ1) is 14.3. The quantitative estimate of drug-likeness (QED) is 0.664. The molecule has 3 fully saturated rings. The lowest BCUT2D eigenvalue weighted by molar-refractivity contribution is -0.139. The number of nitrogens with zero attached hydrogens (tertiary/aromatic N) is 2. The van der Waals surface area contributed by atoms with Crippen LogP contribution >= 0.6 is 11.6 Å². The van der Waals surface area contributed by atoms with Crippen molar-refractivity contribution in [1.29, 1.82) is 0 Å². The molecule has 2 N–H and O–H groups in total. The summed E-state index contributed by atoms with van der Waals surface area (Å²) in [5.74, 6) is -0.436. The predicted molar refractivity (Wildman–Crippen MR) is 106 cm³/mol. The molecule has 0 spiro atoms. The number of alkyl halides is 2. The van der Waals surface area contributed by atoms with Gasteiger partial charge in [-0.3, -0.25) is 14.6 Å². The summed E-state index contributed by atoms with van der Waals surface area (Å²) in [7, 11) is 0. The van der Waals surface area contributed by atoms with Crippen LogP contribution in [0.2, 0.25) is 5.02 Å². The first-order valence-corrected chi connectivity index (χ1v) is 10.1. The van der Waals surface area contributed by atoms with Crippen molar-refractivity contribution in [2.24, 2.45) is 0 Å². The highest BCUT2D eigenvalue weighted by molar-refractivity contribution is 6.30. The number of nitrogens with one attached hydrogen (secondary N) is 2. The molecule has 3 saturated carbocycles. The zero-order chi connectivity index (χ0) is 21.4. The standard InChI is InChI=1S/C21H21ClF2N4O2/c22-14-5-1-3-13(7-14)4-2-6-17(29)27-20-10-21(11-20,12-20)28-19(30)16-9-25-15(8-26-16)18(23)24/h1,3,5,7-9,18H,2,4,6,10-12H2,(H,27,29)(H,28,30). The molecule has 0 unspecified atom stereocenters. The Morgan fingerprint density at radius 3 is 2.47 bits per heavy atom. The van der Waals surface area contributed by atoms with Gasteiger partial charge in [0, 0.05) is 22.5 Å². The third kappa shape index (κ3) is 4.28. The minimum atomic E-state index is -2.72. The maximum Gasteiger partial charge on any atom is 0.281 e. The van der Waals surface area contributed by atoms with Crippen molar-refractivity contribution in [2.45, 2.75) is 56.0 Å². The third-order valence-electron chi connectivity index (χ3n) is 5.70. The second-order valence-electron chi connectivity index (χ2n) is 8.20. The number of aryl methyl sites for hydroxylation is 1. The molecule has 2 aromatic rings. The molecule has 1 heterocycles. The molecular formula is C21H21ClF2N4O2. The Morgan fingerprint density at radius 1 is 1.10 bits per heavy atom. The van der Waals surface area contributed by atoms with E-state index in [0.29, 0.717) is 30.7 Å². The first-order valence-electron chi connectivity index (χ1n) is 9.76. The normalized spacial score (nSPS) is 24.0. The van der Waals surface area contributed by atoms with Crippen LogP contribution in [0, 0.1) is 0 Å². The Kier molecular flexibility index (Phi) is 5.44. The van der Waals surface area contributed by atoms with E-state index < -0.39 is 18.0 Å². The number of hydrogen-bond donors (Lipinski definition) is 2. The molecule has 0 atom stereocenters. The molecule has 0 radical (unpaired) electrons. The summed E-state index contributed by atoms with van der Waals surface area (Å²) in [5, 5.41) is 6.67. The molecular weight excluding hydrogens is 414 g/mol. The minimum Gasteiger partial charge on any atom is -0.350 e. The van der Waals surface area contributed by atoms with Gasteiger partial charge in [0.25, 0.3) is 12.3 Å². The Bertz CT molecular complexity index is 948. The van der Waals surface area contributed by atoms with E-state index in [1.54, 1.807) is 0 Å². The highest BCUT2D eigenvalue weighted by atomic mass is 35.5. The van der Waals surface area contributed by atoms with Crippen LogP contribution in [0.25, 0.3) is 0 Å². The van der Waals surface area contributed by atoms with Crippen LogP contribution in [-0.2, 0) is 11.2 Å². The lowest BCUT2D eigenvalue weighted by Gasteiger charge is -2.70. The van der Waals surface area contributed by atoms with E-state index in [0.717, 1.165) is 30.8 Å². The van der Waals surface area contributed by atoms with Crippen LogP contribution in [0.5, 0.6) is 0 Å². The molecule has 3 aliphatic rings. The van der Waals surface area contributed by atoms with Crippen LogP contribution < -0.4 is 10.6 Å². The minimum absolute atomic E-state index is 0.00299. The SMILES string of the molecule is O=C(CCCc1cccc(Cl)c1)NC12CC(NC(=O)c3cnc(C(F)F)cn3)(C1)C2. The van der Waals surface area contributed by atoms with Crippen molar-refractivity contribution < 1.29 is 18.4 Å². The fourth-order valence-electron chi connectivity index (χ4n) is 4.43. The summed E-state index contributed by atoms with van der Waals surface area (Å²) in [6, 6.07) is 7.60. The van der Waals surface area contributed by atoms with Crippen LogP contribution in [0.1, 0.15) is 60.3 Å². The van der Waals surface area contributed by atoms with E-state index in [1.165, 1.54) is 0 Å². The number of carbonyl (C=O) groups is 2. The van der Waals surface area contributed by atoms with Gasteiger partial charge in [-0.05, 0) is 49.8 Å². The lowest BCUT2D eigenvalue weighted by Crippen LogP contribution is -2.83. The number of amides is 2. The smallest absolute Gasteiger partial charge is 0.281 e. The van der Waals surface area contributed by atoms with Gasteiger partial charge in [0.05, 0.1) is 12.4 Å². The molecule has 0 saturated heterocycles. The van der Waals surface area contributed by atoms with Gasteiger partial charge < -0.3 is 10.6 Å². The Balaban J connectivity index is 1.20. The van der Waals surface area contributed by atoms with Gasteiger partial charge in [-0.15, -0.1) is 0 Å². The molecule has 1 aromatic heterocycles. The van der Waals surface area contributed by atoms with Crippen LogP contribution in [0.3, 0.4) is 0 Å². The number of rotatable bonds is 8. The van der Waals surface area contributed by atoms with Gasteiger partial charge in [-0.25, -0.2) is 13.8 Å². The number of carbonyl (C=O) groups excluding carboxylic acids is 2. The zero-order valence-corrected chi connectivity index (χ0v) is 16.9. The maximum atomic E-state index is 12.5. The van der Waals surface area contributed by atoms with Gasteiger partial charge in [0.1, 0.15) is 11.4 Å². The average Bonchev–Trinajstić information content (AvgIpc) is 2.65. The Morgan fingerprint density at radius 2 is 1.83 bits per heavy atom. The van der Waals surface area contributed by atoms with Crippen molar-refractivity contribution in [3.63, 3.8) is 0 Å². The summed E-state index contributed by atoms with van der Waals surface area (Å²) < 4.78 is 25.0. The molecule has 2 amide bonds. The monoisotopic (exact) mass is 434 g/mol. The summed E-state index contributed by atoms with van der Waals surface area (Å²) in [6.07, 6.45) is 3.17. The lowest BCUT2D eigenvalue weighted by atomic mass is 9.44. The van der Waals surface area contributed by atoms with Crippen molar-refractivity contribution in [3.8, 4) is 0 Å². The van der Waals surface area contributed by atoms with Crippen molar-refractivity contribution >= 4 is 23.4 Å². The Hall–Kier alpha value is -2.61. The molecule has 1 aromatic carbocycles. The third-order valence-corrected chi connectivity index (χ3v) is 5.94. The summed E-state index contributed by atoms with van der Waals surface area (Å²) in [6.45, 7) is 0. The van der Waals surface area contributed by atoms with Crippen LogP contribution in [0.15, 0.2) is 36.7 Å². The zero-order valence-electron chi connectivity index (χ0n) is 16.1. The van der Waals surface area contributed by atoms with Gasteiger partial charge in [0.2, 0.25) is 5.91 Å². The molecule has 30 heavy (non-hydrogen) atoms. The van der Waals surface area contributed by atoms with E-state index in [-0.39, 0.29) is 22.7 Å². The molecule has 9 heteroatoms.